The number of benzene rings is 9. The summed E-state index contributed by atoms with van der Waals surface area (Å²) in [4.78, 5) is 13.0. The number of nitrogens with one attached hydrogen (secondary N) is 1. The third-order valence-corrected chi connectivity index (χ3v) is 12.0. The minimum Gasteiger partial charge on any atom is -0.456 e. The van der Waals surface area contributed by atoms with Crippen LogP contribution in [0.25, 0.3) is 66.1 Å². The van der Waals surface area contributed by atoms with E-state index in [0.717, 1.165) is 83.2 Å². The highest BCUT2D eigenvalue weighted by Gasteiger charge is 2.28. The van der Waals surface area contributed by atoms with Crippen molar-refractivity contribution in [2.75, 3.05) is 4.90 Å². The van der Waals surface area contributed by atoms with Crippen molar-refractivity contribution in [3.63, 3.8) is 0 Å². The van der Waals surface area contributed by atoms with Gasteiger partial charge in [-0.3, -0.25) is 0 Å². The Morgan fingerprint density at radius 2 is 0.921 bits per heavy atom. The van der Waals surface area contributed by atoms with Crippen molar-refractivity contribution in [1.29, 1.82) is 0 Å². The maximum absolute atomic E-state index is 6.93. The first-order chi connectivity index (χ1) is 31.2. The van der Waals surface area contributed by atoms with Crippen LogP contribution in [-0.2, 0) is 0 Å². The van der Waals surface area contributed by atoms with Crippen LogP contribution in [0.3, 0.4) is 0 Å². The standard InChI is InChI=1S/C57H38N4O2/c1-4-15-37(16-5-1)39-27-31-42(32-28-39)61(43-33-29-40(30-34-43)38-17-6-2-7-18-38)49-36-35-48(54-52(49)46-22-11-13-26-51(46)63-54)57-59-55(41-19-8-3-9-20-41)58-56(60-57)47-24-14-23-45-44-21-10-12-25-50(44)62-53(45)47/h1-36,56H,(H,58,59,60). The number of aliphatic imine (C=N–C) groups is 2. The van der Waals surface area contributed by atoms with Crippen LogP contribution in [-0.4, -0.2) is 11.7 Å². The maximum atomic E-state index is 6.93. The smallest absolute Gasteiger partial charge is 0.163 e. The van der Waals surface area contributed by atoms with Crippen LogP contribution in [0, 0.1) is 0 Å². The molecule has 0 fully saturated rings. The van der Waals surface area contributed by atoms with Gasteiger partial charge in [0.15, 0.2) is 12.0 Å². The van der Waals surface area contributed by atoms with Gasteiger partial charge in [-0.2, -0.15) is 0 Å². The van der Waals surface area contributed by atoms with Gasteiger partial charge in [0.1, 0.15) is 28.2 Å². The van der Waals surface area contributed by atoms with Crippen molar-refractivity contribution >= 4 is 72.6 Å². The second-order valence-electron chi connectivity index (χ2n) is 15.7. The molecular weight excluding hydrogens is 773 g/mol. The predicted molar refractivity (Wildman–Crippen MR) is 258 cm³/mol. The van der Waals surface area contributed by atoms with Gasteiger partial charge in [-0.1, -0.05) is 170 Å². The quantitative estimate of drug-likeness (QED) is 0.166. The molecule has 9 aromatic carbocycles. The van der Waals surface area contributed by atoms with E-state index in [-0.39, 0.29) is 0 Å². The van der Waals surface area contributed by atoms with Crippen molar-refractivity contribution in [3.8, 4) is 22.3 Å². The molecule has 6 heteroatoms. The lowest BCUT2D eigenvalue weighted by Crippen LogP contribution is -2.33. The molecule has 1 unspecified atom stereocenters. The highest BCUT2D eigenvalue weighted by Crippen LogP contribution is 2.45. The molecular formula is C57H38N4O2. The Hall–Kier alpha value is -8.48. The summed E-state index contributed by atoms with van der Waals surface area (Å²) in [5.74, 6) is 1.28. The van der Waals surface area contributed by atoms with Gasteiger partial charge in [0.2, 0.25) is 0 Å². The lowest BCUT2D eigenvalue weighted by Gasteiger charge is -2.27. The highest BCUT2D eigenvalue weighted by atomic mass is 16.3. The molecule has 1 aliphatic rings. The number of hydrogen-bond acceptors (Lipinski definition) is 6. The molecule has 3 heterocycles. The number of para-hydroxylation sites is 3. The minimum atomic E-state index is -0.501. The zero-order valence-corrected chi connectivity index (χ0v) is 34.0. The van der Waals surface area contributed by atoms with Crippen LogP contribution in [0.4, 0.5) is 17.1 Å². The average molecular weight is 811 g/mol. The molecule has 0 spiro atoms. The molecule has 298 valence electrons. The van der Waals surface area contributed by atoms with E-state index < -0.39 is 6.17 Å². The predicted octanol–water partition coefficient (Wildman–Crippen LogP) is 14.8. The monoisotopic (exact) mass is 810 g/mol. The van der Waals surface area contributed by atoms with Crippen molar-refractivity contribution < 1.29 is 8.83 Å². The van der Waals surface area contributed by atoms with Gasteiger partial charge < -0.3 is 19.1 Å². The minimum absolute atomic E-state index is 0.501. The van der Waals surface area contributed by atoms with Gasteiger partial charge in [-0.15, -0.1) is 0 Å². The first kappa shape index (κ1) is 36.4. The van der Waals surface area contributed by atoms with E-state index in [9.17, 15) is 0 Å². The summed E-state index contributed by atoms with van der Waals surface area (Å²) in [6, 6.07) is 75.7. The van der Waals surface area contributed by atoms with Crippen LogP contribution in [0.5, 0.6) is 0 Å². The van der Waals surface area contributed by atoms with E-state index in [1.165, 1.54) is 11.1 Å². The first-order valence-electron chi connectivity index (χ1n) is 21.2. The molecule has 0 aliphatic carbocycles. The summed E-state index contributed by atoms with van der Waals surface area (Å²) in [7, 11) is 0. The normalized spacial score (nSPS) is 13.9. The molecule has 63 heavy (non-hydrogen) atoms. The Bertz CT molecular complexity index is 3440. The summed E-state index contributed by atoms with van der Waals surface area (Å²) < 4.78 is 13.5. The van der Waals surface area contributed by atoms with Crippen molar-refractivity contribution in [1.82, 2.24) is 5.32 Å². The fourth-order valence-electron chi connectivity index (χ4n) is 8.92. The Kier molecular flexibility index (Phi) is 8.78. The number of anilines is 3. The van der Waals surface area contributed by atoms with E-state index in [1.54, 1.807) is 0 Å². The van der Waals surface area contributed by atoms with E-state index in [0.29, 0.717) is 17.3 Å². The Labute approximate surface area is 363 Å². The maximum Gasteiger partial charge on any atom is 0.163 e. The summed E-state index contributed by atoms with van der Waals surface area (Å²) >= 11 is 0. The number of fused-ring (bicyclic) bond motifs is 6. The average Bonchev–Trinajstić information content (AvgIpc) is 3.95. The summed E-state index contributed by atoms with van der Waals surface area (Å²) in [6.45, 7) is 0. The van der Waals surface area contributed by atoms with Crippen LogP contribution in [0.1, 0.15) is 22.9 Å². The van der Waals surface area contributed by atoms with Gasteiger partial charge in [0.25, 0.3) is 0 Å². The molecule has 0 saturated heterocycles. The third-order valence-electron chi connectivity index (χ3n) is 12.0. The zero-order chi connectivity index (χ0) is 41.7. The second kappa shape index (κ2) is 15.2. The van der Waals surface area contributed by atoms with Gasteiger partial charge in [0, 0.05) is 38.7 Å². The molecule has 0 bridgehead atoms. The summed E-state index contributed by atoms with van der Waals surface area (Å²) in [5, 5.41) is 7.75. The topological polar surface area (TPSA) is 66.3 Å². The second-order valence-corrected chi connectivity index (χ2v) is 15.7. The molecule has 12 rings (SSSR count). The van der Waals surface area contributed by atoms with Crippen LogP contribution >= 0.6 is 0 Å². The van der Waals surface area contributed by atoms with E-state index in [1.807, 2.05) is 60.7 Å². The molecule has 0 saturated carbocycles. The van der Waals surface area contributed by atoms with Gasteiger partial charge >= 0.3 is 0 Å². The fraction of sp³-hybridized carbons (Fsp3) is 0.0175. The highest BCUT2D eigenvalue weighted by molar-refractivity contribution is 6.23. The number of rotatable bonds is 8. The van der Waals surface area contributed by atoms with Crippen molar-refractivity contribution in [2.45, 2.75) is 6.17 Å². The first-order valence-corrected chi connectivity index (χ1v) is 21.2. The zero-order valence-electron chi connectivity index (χ0n) is 34.0. The van der Waals surface area contributed by atoms with Crippen LogP contribution in [0.15, 0.2) is 237 Å². The largest absolute Gasteiger partial charge is 0.456 e. The summed E-state index contributed by atoms with van der Waals surface area (Å²) in [6.07, 6.45) is -0.501. The fourth-order valence-corrected chi connectivity index (χ4v) is 8.92. The SMILES string of the molecule is c1ccc(C2=NC(c3ccc(N(c4ccc(-c5ccccc5)cc4)c4ccc(-c5ccccc5)cc4)c4c3oc3ccccc34)=NC(c3cccc4c3oc3ccccc34)N2)cc1. The number of amidine groups is 2. The third kappa shape index (κ3) is 6.44. The number of furan rings is 2. The van der Waals surface area contributed by atoms with Crippen LogP contribution < -0.4 is 10.2 Å². The van der Waals surface area contributed by atoms with Gasteiger partial charge in [0.05, 0.1) is 16.6 Å². The molecule has 1 aliphatic heterocycles. The molecule has 0 radical (unpaired) electrons. The van der Waals surface area contributed by atoms with Crippen molar-refractivity contribution in [3.05, 3.63) is 235 Å². The lowest BCUT2D eigenvalue weighted by molar-refractivity contribution is 0.628. The molecule has 11 aromatic rings. The summed E-state index contributed by atoms with van der Waals surface area (Å²) in [5.41, 5.74) is 13.4. The molecule has 1 N–H and O–H groups in total. The molecule has 0 amide bonds. The van der Waals surface area contributed by atoms with E-state index in [2.05, 4.69) is 168 Å². The van der Waals surface area contributed by atoms with E-state index in [4.69, 9.17) is 18.8 Å². The lowest BCUT2D eigenvalue weighted by atomic mass is 10.0. The van der Waals surface area contributed by atoms with E-state index >= 15 is 0 Å². The Morgan fingerprint density at radius 3 is 1.56 bits per heavy atom. The molecule has 6 nitrogen and oxygen atoms in total. The van der Waals surface area contributed by atoms with Gasteiger partial charge in [-0.25, -0.2) is 9.98 Å². The van der Waals surface area contributed by atoms with Crippen molar-refractivity contribution in [2.24, 2.45) is 9.98 Å². The Morgan fingerprint density at radius 1 is 0.413 bits per heavy atom. The van der Waals surface area contributed by atoms with Crippen LogP contribution in [0.2, 0.25) is 0 Å². The number of nitrogens with zero attached hydrogens (tertiary/aromatic N) is 3. The molecule has 1 atom stereocenters. The molecule has 2 aromatic heterocycles. The Balaban J connectivity index is 1.06. The van der Waals surface area contributed by atoms with Gasteiger partial charge in [-0.05, 0) is 70.8 Å². The number of hydrogen-bond donors (Lipinski definition) is 1.